The summed E-state index contributed by atoms with van der Waals surface area (Å²) in [6.07, 6.45) is 2.23. The Bertz CT molecular complexity index is 927. The summed E-state index contributed by atoms with van der Waals surface area (Å²) >= 11 is 5.59. The van der Waals surface area contributed by atoms with Crippen molar-refractivity contribution in [3.05, 3.63) is 64.7 Å². The fourth-order valence-electron chi connectivity index (χ4n) is 2.84. The number of hydrogen-bond donors (Lipinski definition) is 0. The van der Waals surface area contributed by atoms with Crippen LogP contribution in [0.3, 0.4) is 0 Å². The van der Waals surface area contributed by atoms with Crippen molar-refractivity contribution in [3.63, 3.8) is 0 Å². The van der Waals surface area contributed by atoms with Crippen molar-refractivity contribution in [2.24, 2.45) is 0 Å². The molecular weight excluding hydrogens is 409 g/mol. The van der Waals surface area contributed by atoms with Crippen molar-refractivity contribution in [1.29, 1.82) is 0 Å². The molecule has 1 aliphatic heterocycles. The van der Waals surface area contributed by atoms with E-state index >= 15 is 0 Å². The van der Waals surface area contributed by atoms with Crippen LogP contribution in [0, 0.1) is 0 Å². The summed E-state index contributed by atoms with van der Waals surface area (Å²) in [5.41, 5.74) is -0.508. The fraction of sp³-hybridized carbons (Fsp3) is 0.263. The fourth-order valence-corrected chi connectivity index (χ4v) is 3.06. The number of halogens is 4. The number of alkyl halides is 3. The van der Waals surface area contributed by atoms with Gasteiger partial charge in [0.1, 0.15) is 5.69 Å². The first-order valence-corrected chi connectivity index (χ1v) is 9.02. The summed E-state index contributed by atoms with van der Waals surface area (Å²) in [5, 5.41) is -0.398. The van der Waals surface area contributed by atoms with E-state index in [1.165, 1.54) is 41.7 Å². The lowest BCUT2D eigenvalue weighted by atomic mass is 10.1. The number of rotatable bonds is 3. The zero-order valence-corrected chi connectivity index (χ0v) is 15.8. The molecule has 0 bridgehead atoms. The first-order chi connectivity index (χ1) is 13.8. The van der Waals surface area contributed by atoms with Gasteiger partial charge in [0, 0.05) is 44.6 Å². The molecule has 1 aromatic heterocycles. The molecule has 2 amide bonds. The van der Waals surface area contributed by atoms with E-state index in [2.05, 4.69) is 9.97 Å². The summed E-state index contributed by atoms with van der Waals surface area (Å²) < 4.78 is 38.8. The van der Waals surface area contributed by atoms with Crippen molar-refractivity contribution in [2.75, 3.05) is 26.2 Å². The van der Waals surface area contributed by atoms with Crippen LogP contribution in [0.5, 0.6) is 0 Å². The maximum absolute atomic E-state index is 12.9. The molecule has 0 radical (unpaired) electrons. The lowest BCUT2D eigenvalue weighted by Crippen LogP contribution is -2.50. The molecule has 2 aromatic rings. The SMILES string of the molecule is O=C(/C=C/c1ccc(Cl)c(C(F)(F)F)c1)N1CCN(C(=O)c2cnccn2)CC1. The average molecular weight is 425 g/mol. The number of nitrogens with zero attached hydrogens (tertiary/aromatic N) is 4. The van der Waals surface area contributed by atoms with Crippen LogP contribution in [0.1, 0.15) is 21.6 Å². The molecule has 1 aromatic carbocycles. The van der Waals surface area contributed by atoms with Crippen LogP contribution in [0.15, 0.2) is 42.9 Å². The summed E-state index contributed by atoms with van der Waals surface area (Å²) in [6.45, 7) is 1.27. The van der Waals surface area contributed by atoms with E-state index in [4.69, 9.17) is 11.6 Å². The van der Waals surface area contributed by atoms with Gasteiger partial charge in [-0.25, -0.2) is 4.98 Å². The molecule has 0 atom stereocenters. The van der Waals surface area contributed by atoms with Gasteiger partial charge in [-0.1, -0.05) is 17.7 Å². The second-order valence-corrected chi connectivity index (χ2v) is 6.69. The standard InChI is InChI=1S/C19H16ClF3N4O2/c20-15-3-1-13(11-14(15)19(21,22)23)2-4-17(28)26-7-9-27(10-8-26)18(29)16-12-24-5-6-25-16/h1-6,11-12H,7-10H2/b4-2+. The van der Waals surface area contributed by atoms with Crippen molar-refractivity contribution in [1.82, 2.24) is 19.8 Å². The van der Waals surface area contributed by atoms with Crippen molar-refractivity contribution in [2.45, 2.75) is 6.18 Å². The highest BCUT2D eigenvalue weighted by Crippen LogP contribution is 2.35. The highest BCUT2D eigenvalue weighted by molar-refractivity contribution is 6.31. The van der Waals surface area contributed by atoms with Crippen LogP contribution < -0.4 is 0 Å². The van der Waals surface area contributed by atoms with Gasteiger partial charge < -0.3 is 9.80 Å². The molecule has 3 rings (SSSR count). The quantitative estimate of drug-likeness (QED) is 0.710. The molecule has 0 unspecified atom stereocenters. The third-order valence-corrected chi connectivity index (χ3v) is 4.70. The number of hydrogen-bond acceptors (Lipinski definition) is 4. The van der Waals surface area contributed by atoms with E-state index in [-0.39, 0.29) is 23.1 Å². The van der Waals surface area contributed by atoms with Gasteiger partial charge in [-0.05, 0) is 23.8 Å². The molecule has 152 valence electrons. The summed E-state index contributed by atoms with van der Waals surface area (Å²) in [4.78, 5) is 35.6. The Hall–Kier alpha value is -2.94. The molecule has 0 N–H and O–H groups in total. The Labute approximate surface area is 169 Å². The Balaban J connectivity index is 1.59. The molecule has 1 saturated heterocycles. The number of benzene rings is 1. The lowest BCUT2D eigenvalue weighted by Gasteiger charge is -2.34. The third-order valence-electron chi connectivity index (χ3n) is 4.38. The molecule has 6 nitrogen and oxygen atoms in total. The maximum Gasteiger partial charge on any atom is 0.417 e. The minimum absolute atomic E-state index is 0.214. The van der Waals surface area contributed by atoms with Gasteiger partial charge in [0.25, 0.3) is 5.91 Å². The first-order valence-electron chi connectivity index (χ1n) is 8.65. The predicted octanol–water partition coefficient (Wildman–Crippen LogP) is 3.15. The normalized spacial score (nSPS) is 15.0. The van der Waals surface area contributed by atoms with Gasteiger partial charge in [-0.3, -0.25) is 14.6 Å². The van der Waals surface area contributed by atoms with E-state index in [9.17, 15) is 22.8 Å². The second kappa shape index (κ2) is 8.60. The van der Waals surface area contributed by atoms with Gasteiger partial charge in [0.05, 0.1) is 16.8 Å². The average Bonchev–Trinajstić information content (AvgIpc) is 2.72. The Morgan fingerprint density at radius 2 is 1.76 bits per heavy atom. The van der Waals surface area contributed by atoms with Crippen molar-refractivity contribution in [3.8, 4) is 0 Å². The molecule has 1 fully saturated rings. The molecule has 29 heavy (non-hydrogen) atoms. The predicted molar refractivity (Wildman–Crippen MR) is 100 cm³/mol. The molecule has 0 spiro atoms. The smallest absolute Gasteiger partial charge is 0.336 e. The highest BCUT2D eigenvalue weighted by Gasteiger charge is 2.33. The molecule has 2 heterocycles. The number of amides is 2. The van der Waals surface area contributed by atoms with Crippen LogP contribution in [-0.4, -0.2) is 57.8 Å². The Kier molecular flexibility index (Phi) is 6.17. The first kappa shape index (κ1) is 20.8. The van der Waals surface area contributed by atoms with Crippen LogP contribution in [0.25, 0.3) is 6.08 Å². The molecule has 0 saturated carbocycles. The topological polar surface area (TPSA) is 66.4 Å². The lowest BCUT2D eigenvalue weighted by molar-refractivity contribution is -0.137. The number of piperazine rings is 1. The Morgan fingerprint density at radius 3 is 2.38 bits per heavy atom. The number of carbonyl (C=O) groups is 2. The van der Waals surface area contributed by atoms with Crippen LogP contribution in [0.2, 0.25) is 5.02 Å². The molecular formula is C19H16ClF3N4O2. The summed E-state index contributed by atoms with van der Waals surface area (Å²) in [5.74, 6) is -0.610. The number of aromatic nitrogens is 2. The van der Waals surface area contributed by atoms with E-state index in [1.54, 1.807) is 4.90 Å². The molecule has 1 aliphatic rings. The zero-order chi connectivity index (χ0) is 21.0. The monoisotopic (exact) mass is 424 g/mol. The minimum Gasteiger partial charge on any atom is -0.336 e. The van der Waals surface area contributed by atoms with E-state index in [0.717, 1.165) is 12.1 Å². The molecule has 10 heteroatoms. The van der Waals surface area contributed by atoms with E-state index in [0.29, 0.717) is 26.2 Å². The second-order valence-electron chi connectivity index (χ2n) is 6.28. The van der Waals surface area contributed by atoms with Crippen LogP contribution in [-0.2, 0) is 11.0 Å². The van der Waals surface area contributed by atoms with Crippen LogP contribution >= 0.6 is 11.6 Å². The van der Waals surface area contributed by atoms with Gasteiger partial charge >= 0.3 is 6.18 Å². The van der Waals surface area contributed by atoms with Crippen molar-refractivity contribution < 1.29 is 22.8 Å². The maximum atomic E-state index is 12.9. The summed E-state index contributed by atoms with van der Waals surface area (Å²) in [6, 6.07) is 3.44. The van der Waals surface area contributed by atoms with Gasteiger partial charge in [0.15, 0.2) is 0 Å². The third kappa shape index (κ3) is 5.11. The van der Waals surface area contributed by atoms with Gasteiger partial charge in [-0.15, -0.1) is 0 Å². The van der Waals surface area contributed by atoms with Crippen LogP contribution in [0.4, 0.5) is 13.2 Å². The number of carbonyl (C=O) groups excluding carboxylic acids is 2. The van der Waals surface area contributed by atoms with Gasteiger partial charge in [0.2, 0.25) is 5.91 Å². The van der Waals surface area contributed by atoms with Gasteiger partial charge in [-0.2, -0.15) is 13.2 Å². The zero-order valence-electron chi connectivity index (χ0n) is 15.1. The molecule has 0 aliphatic carbocycles. The highest BCUT2D eigenvalue weighted by atomic mass is 35.5. The van der Waals surface area contributed by atoms with E-state index in [1.807, 2.05) is 0 Å². The minimum atomic E-state index is -4.57. The van der Waals surface area contributed by atoms with E-state index < -0.39 is 16.8 Å². The summed E-state index contributed by atoms with van der Waals surface area (Å²) in [7, 11) is 0. The largest absolute Gasteiger partial charge is 0.417 e. The van der Waals surface area contributed by atoms with Crippen molar-refractivity contribution >= 4 is 29.5 Å². The Morgan fingerprint density at radius 1 is 1.07 bits per heavy atom.